The fourth-order valence-corrected chi connectivity index (χ4v) is 4.54. The van der Waals surface area contributed by atoms with Crippen LogP contribution in [0.25, 0.3) is 10.9 Å². The van der Waals surface area contributed by atoms with Gasteiger partial charge >= 0.3 is 0 Å². The molecule has 1 N–H and O–H groups in total. The molecule has 0 atom stereocenters. The molecule has 9 heteroatoms. The van der Waals surface area contributed by atoms with Crippen LogP contribution in [0.15, 0.2) is 76.4 Å². The van der Waals surface area contributed by atoms with Gasteiger partial charge in [0.15, 0.2) is 5.82 Å². The zero-order chi connectivity index (χ0) is 19.7. The lowest BCUT2D eigenvalue weighted by Gasteiger charge is -2.08. The molecular formula is C19H14BrFN4O2S. The van der Waals surface area contributed by atoms with Crippen LogP contribution < -0.4 is 4.72 Å². The van der Waals surface area contributed by atoms with Crippen LogP contribution in [0.3, 0.4) is 0 Å². The van der Waals surface area contributed by atoms with Crippen molar-refractivity contribution in [1.29, 1.82) is 0 Å². The number of aromatic nitrogens is 3. The van der Waals surface area contributed by atoms with Crippen molar-refractivity contribution in [3.8, 4) is 0 Å². The number of pyridine rings is 1. The van der Waals surface area contributed by atoms with E-state index >= 15 is 0 Å². The van der Waals surface area contributed by atoms with Gasteiger partial charge in [0, 0.05) is 17.8 Å². The summed E-state index contributed by atoms with van der Waals surface area (Å²) < 4.78 is 43.4. The number of rotatable bonds is 5. The molecule has 0 fully saturated rings. The van der Waals surface area contributed by atoms with Crippen molar-refractivity contribution < 1.29 is 12.8 Å². The number of nitrogens with zero attached hydrogens (tertiary/aromatic N) is 3. The maximum Gasteiger partial charge on any atom is 0.265 e. The number of hydrogen-bond acceptors (Lipinski definition) is 4. The van der Waals surface area contributed by atoms with Crippen molar-refractivity contribution in [2.24, 2.45) is 0 Å². The Hall–Kier alpha value is -2.78. The van der Waals surface area contributed by atoms with E-state index in [9.17, 15) is 12.8 Å². The van der Waals surface area contributed by atoms with E-state index in [4.69, 9.17) is 0 Å². The third-order valence-electron chi connectivity index (χ3n) is 4.09. The van der Waals surface area contributed by atoms with Crippen LogP contribution in [0.1, 0.15) is 5.56 Å². The van der Waals surface area contributed by atoms with Gasteiger partial charge in [0.25, 0.3) is 10.0 Å². The first-order chi connectivity index (χ1) is 13.4. The minimum absolute atomic E-state index is 0.0746. The molecule has 0 amide bonds. The molecule has 4 aromatic rings. The summed E-state index contributed by atoms with van der Waals surface area (Å²) in [4.78, 5) is 4.27. The molecule has 0 aliphatic rings. The molecule has 6 nitrogen and oxygen atoms in total. The molecule has 28 heavy (non-hydrogen) atoms. The normalized spacial score (nSPS) is 11.6. The number of nitrogens with one attached hydrogen (secondary N) is 1. The van der Waals surface area contributed by atoms with Crippen molar-refractivity contribution in [1.82, 2.24) is 14.8 Å². The molecule has 2 heterocycles. The Morgan fingerprint density at radius 1 is 1.07 bits per heavy atom. The molecule has 0 saturated heterocycles. The Labute approximate surface area is 169 Å². The summed E-state index contributed by atoms with van der Waals surface area (Å²) in [5.41, 5.74) is 1.23. The second-order valence-electron chi connectivity index (χ2n) is 6.09. The predicted molar refractivity (Wildman–Crippen MR) is 108 cm³/mol. The quantitative estimate of drug-likeness (QED) is 0.484. The van der Waals surface area contributed by atoms with E-state index in [1.807, 2.05) is 0 Å². The maximum atomic E-state index is 13.0. The number of halogens is 2. The lowest BCUT2D eigenvalue weighted by molar-refractivity contribution is 0.601. The Balaban J connectivity index is 1.63. The van der Waals surface area contributed by atoms with Crippen LogP contribution in [0.4, 0.5) is 10.2 Å². The van der Waals surface area contributed by atoms with E-state index in [1.165, 1.54) is 18.2 Å². The minimum Gasteiger partial charge on any atom is -0.265 e. The first kappa shape index (κ1) is 18.6. The van der Waals surface area contributed by atoms with Gasteiger partial charge in [0.05, 0.1) is 16.5 Å². The van der Waals surface area contributed by atoms with Crippen LogP contribution in [0.5, 0.6) is 0 Å². The monoisotopic (exact) mass is 460 g/mol. The van der Waals surface area contributed by atoms with E-state index in [1.54, 1.807) is 53.5 Å². The molecular weight excluding hydrogens is 447 g/mol. The highest BCUT2D eigenvalue weighted by atomic mass is 79.9. The van der Waals surface area contributed by atoms with Gasteiger partial charge in [0.1, 0.15) is 10.7 Å². The molecule has 2 aromatic heterocycles. The first-order valence-electron chi connectivity index (χ1n) is 8.26. The van der Waals surface area contributed by atoms with Gasteiger partial charge < -0.3 is 0 Å². The number of sulfonamides is 1. The SMILES string of the molecule is O=S(=O)(Nc1nn(Cc2ccc(F)cc2)cc1Br)c1cccc2cccnc12. The number of para-hydroxylation sites is 1. The standard InChI is InChI=1S/C19H14BrFN4O2S/c20-16-12-25(11-13-6-8-15(21)9-7-13)23-19(16)24-28(26,27)17-5-1-3-14-4-2-10-22-18(14)17/h1-10,12H,11H2,(H,23,24). The summed E-state index contributed by atoms with van der Waals surface area (Å²) in [6, 6.07) is 14.5. The molecule has 0 unspecified atom stereocenters. The Morgan fingerprint density at radius 2 is 1.82 bits per heavy atom. The van der Waals surface area contributed by atoms with Gasteiger partial charge in [-0.2, -0.15) is 5.10 Å². The van der Waals surface area contributed by atoms with Crippen molar-refractivity contribution >= 4 is 42.7 Å². The number of hydrogen-bond donors (Lipinski definition) is 1. The van der Waals surface area contributed by atoms with Gasteiger partial charge in [-0.25, -0.2) is 12.8 Å². The zero-order valence-corrected chi connectivity index (χ0v) is 16.8. The smallest absolute Gasteiger partial charge is 0.265 e. The molecule has 0 spiro atoms. The lowest BCUT2D eigenvalue weighted by Crippen LogP contribution is -2.15. The Bertz CT molecular complexity index is 1250. The summed E-state index contributed by atoms with van der Waals surface area (Å²) >= 11 is 3.33. The summed E-state index contributed by atoms with van der Waals surface area (Å²) in [5, 5.41) is 5.01. The van der Waals surface area contributed by atoms with Crippen LogP contribution in [-0.2, 0) is 16.6 Å². The van der Waals surface area contributed by atoms with Gasteiger partial charge in [-0.15, -0.1) is 0 Å². The lowest BCUT2D eigenvalue weighted by atomic mass is 10.2. The molecule has 0 aliphatic carbocycles. The fraction of sp³-hybridized carbons (Fsp3) is 0.0526. The Morgan fingerprint density at radius 3 is 2.61 bits per heavy atom. The van der Waals surface area contributed by atoms with Crippen molar-refractivity contribution in [3.05, 3.63) is 82.8 Å². The molecule has 0 bridgehead atoms. The number of fused-ring (bicyclic) bond motifs is 1. The third kappa shape index (κ3) is 3.76. The van der Waals surface area contributed by atoms with Gasteiger partial charge in [-0.1, -0.05) is 30.3 Å². The topological polar surface area (TPSA) is 76.9 Å². The molecule has 0 saturated carbocycles. The molecule has 142 valence electrons. The van der Waals surface area contributed by atoms with Crippen LogP contribution >= 0.6 is 15.9 Å². The largest absolute Gasteiger partial charge is 0.265 e. The first-order valence-corrected chi connectivity index (χ1v) is 10.5. The summed E-state index contributed by atoms with van der Waals surface area (Å²) in [7, 11) is -3.90. The third-order valence-corrected chi connectivity index (χ3v) is 6.04. The molecule has 4 rings (SSSR count). The van der Waals surface area contributed by atoms with Gasteiger partial charge in [-0.05, 0) is 45.8 Å². The summed E-state index contributed by atoms with van der Waals surface area (Å²) in [6.45, 7) is 0.371. The highest BCUT2D eigenvalue weighted by Crippen LogP contribution is 2.26. The van der Waals surface area contributed by atoms with Crippen LogP contribution in [-0.4, -0.2) is 23.2 Å². The van der Waals surface area contributed by atoms with Crippen LogP contribution in [0.2, 0.25) is 0 Å². The predicted octanol–water partition coefficient (Wildman–Crippen LogP) is 4.18. The minimum atomic E-state index is -3.90. The van der Waals surface area contributed by atoms with Crippen molar-refractivity contribution in [2.75, 3.05) is 4.72 Å². The van der Waals surface area contributed by atoms with Crippen molar-refractivity contribution in [2.45, 2.75) is 11.4 Å². The fourth-order valence-electron chi connectivity index (χ4n) is 2.80. The summed E-state index contributed by atoms with van der Waals surface area (Å²) in [6.07, 6.45) is 3.21. The molecule has 2 aromatic carbocycles. The zero-order valence-electron chi connectivity index (χ0n) is 14.4. The van der Waals surface area contributed by atoms with E-state index in [0.29, 0.717) is 16.5 Å². The highest BCUT2D eigenvalue weighted by Gasteiger charge is 2.21. The maximum absolute atomic E-state index is 13.0. The van der Waals surface area contributed by atoms with Crippen molar-refractivity contribution in [3.63, 3.8) is 0 Å². The van der Waals surface area contributed by atoms with E-state index < -0.39 is 10.0 Å². The Kier molecular flexibility index (Phi) is 4.86. The average Bonchev–Trinajstić information content (AvgIpc) is 3.01. The van der Waals surface area contributed by atoms with E-state index in [2.05, 4.69) is 30.7 Å². The number of benzene rings is 2. The molecule has 0 aliphatic heterocycles. The van der Waals surface area contributed by atoms with E-state index in [-0.39, 0.29) is 16.5 Å². The number of anilines is 1. The van der Waals surface area contributed by atoms with E-state index in [0.717, 1.165) is 10.9 Å². The average molecular weight is 461 g/mol. The second-order valence-corrected chi connectivity index (χ2v) is 8.59. The second kappa shape index (κ2) is 7.33. The molecule has 0 radical (unpaired) electrons. The van der Waals surface area contributed by atoms with Gasteiger partial charge in [-0.3, -0.25) is 14.4 Å². The van der Waals surface area contributed by atoms with Gasteiger partial charge in [0.2, 0.25) is 0 Å². The highest BCUT2D eigenvalue weighted by molar-refractivity contribution is 9.10. The summed E-state index contributed by atoms with van der Waals surface area (Å²) in [5.74, 6) is -0.155. The van der Waals surface area contributed by atoms with Crippen LogP contribution in [0, 0.1) is 5.82 Å².